The zero-order valence-electron chi connectivity index (χ0n) is 13.6. The first-order valence-electron chi connectivity index (χ1n) is 8.09. The molecule has 0 aromatic carbocycles. The number of nitrogens with two attached hydrogens (primary N) is 1. The Labute approximate surface area is 131 Å². The van der Waals surface area contributed by atoms with Gasteiger partial charge in [-0.1, -0.05) is 20.3 Å². The van der Waals surface area contributed by atoms with E-state index in [4.69, 9.17) is 5.73 Å². The molecule has 0 bridgehead atoms. The quantitative estimate of drug-likeness (QED) is 0.834. The number of carbonyl (C=O) groups excluding carboxylic acids is 2. The molecule has 0 spiro atoms. The SMILES string of the molecule is CCn1nc(CC(C)C)cc1C(=O)N[C@H]1CCC[C@H]1C(N)=O. The minimum absolute atomic E-state index is 0.154. The van der Waals surface area contributed by atoms with Crippen LogP contribution in [-0.2, 0) is 17.8 Å². The first kappa shape index (κ1) is 16.5. The number of carbonyl (C=O) groups is 2. The van der Waals surface area contributed by atoms with Crippen LogP contribution in [0.15, 0.2) is 6.07 Å². The van der Waals surface area contributed by atoms with Crippen molar-refractivity contribution in [2.75, 3.05) is 0 Å². The van der Waals surface area contributed by atoms with Crippen LogP contribution in [0.5, 0.6) is 0 Å². The summed E-state index contributed by atoms with van der Waals surface area (Å²) in [5.74, 6) is -0.253. The lowest BCUT2D eigenvalue weighted by Gasteiger charge is -2.18. The minimum atomic E-state index is -0.327. The van der Waals surface area contributed by atoms with E-state index in [1.54, 1.807) is 4.68 Å². The molecule has 0 unspecified atom stereocenters. The van der Waals surface area contributed by atoms with Crippen molar-refractivity contribution in [1.82, 2.24) is 15.1 Å². The molecule has 1 aromatic rings. The fourth-order valence-corrected chi connectivity index (χ4v) is 3.13. The summed E-state index contributed by atoms with van der Waals surface area (Å²) in [6, 6.07) is 1.70. The van der Waals surface area contributed by atoms with Crippen LogP contribution < -0.4 is 11.1 Å². The van der Waals surface area contributed by atoms with Crippen molar-refractivity contribution >= 4 is 11.8 Å². The van der Waals surface area contributed by atoms with Crippen LogP contribution in [0.1, 0.15) is 56.2 Å². The molecule has 1 saturated carbocycles. The van der Waals surface area contributed by atoms with E-state index in [2.05, 4.69) is 24.3 Å². The second kappa shape index (κ2) is 6.94. The van der Waals surface area contributed by atoms with Gasteiger partial charge in [-0.3, -0.25) is 14.3 Å². The Balaban J connectivity index is 2.11. The van der Waals surface area contributed by atoms with Crippen molar-refractivity contribution in [3.8, 4) is 0 Å². The van der Waals surface area contributed by atoms with Crippen LogP contribution >= 0.6 is 0 Å². The maximum absolute atomic E-state index is 12.5. The van der Waals surface area contributed by atoms with Gasteiger partial charge in [0.05, 0.1) is 11.6 Å². The number of nitrogens with one attached hydrogen (secondary N) is 1. The Morgan fingerprint density at radius 2 is 2.18 bits per heavy atom. The van der Waals surface area contributed by atoms with Gasteiger partial charge in [-0.15, -0.1) is 0 Å². The fraction of sp³-hybridized carbons (Fsp3) is 0.688. The molecule has 2 atom stereocenters. The van der Waals surface area contributed by atoms with Gasteiger partial charge in [0, 0.05) is 12.6 Å². The smallest absolute Gasteiger partial charge is 0.269 e. The summed E-state index contributed by atoms with van der Waals surface area (Å²) in [5, 5.41) is 7.45. The van der Waals surface area contributed by atoms with Gasteiger partial charge in [0.2, 0.25) is 5.91 Å². The Kier molecular flexibility index (Phi) is 5.21. The van der Waals surface area contributed by atoms with Gasteiger partial charge >= 0.3 is 0 Å². The lowest BCUT2D eigenvalue weighted by molar-refractivity contribution is -0.122. The van der Waals surface area contributed by atoms with Crippen molar-refractivity contribution in [2.24, 2.45) is 17.6 Å². The van der Waals surface area contributed by atoms with Crippen LogP contribution in [0.2, 0.25) is 0 Å². The summed E-state index contributed by atoms with van der Waals surface area (Å²) in [6.45, 7) is 6.86. The molecule has 6 nitrogen and oxygen atoms in total. The van der Waals surface area contributed by atoms with Crippen molar-refractivity contribution < 1.29 is 9.59 Å². The van der Waals surface area contributed by atoms with Crippen LogP contribution in [-0.4, -0.2) is 27.6 Å². The van der Waals surface area contributed by atoms with Crippen LogP contribution in [0.3, 0.4) is 0 Å². The highest BCUT2D eigenvalue weighted by atomic mass is 16.2. The highest BCUT2D eigenvalue weighted by molar-refractivity contribution is 5.93. The second-order valence-electron chi connectivity index (χ2n) is 6.45. The van der Waals surface area contributed by atoms with E-state index in [1.165, 1.54) is 0 Å². The molecule has 1 heterocycles. The van der Waals surface area contributed by atoms with Crippen LogP contribution in [0, 0.1) is 11.8 Å². The number of hydrogen-bond donors (Lipinski definition) is 2. The van der Waals surface area contributed by atoms with Crippen molar-refractivity contribution in [1.29, 1.82) is 0 Å². The molecule has 1 aromatic heterocycles. The maximum atomic E-state index is 12.5. The number of rotatable bonds is 6. The first-order chi connectivity index (χ1) is 10.4. The second-order valence-corrected chi connectivity index (χ2v) is 6.45. The summed E-state index contributed by atoms with van der Waals surface area (Å²) >= 11 is 0. The third-order valence-corrected chi connectivity index (χ3v) is 4.18. The van der Waals surface area contributed by atoms with Gasteiger partial charge in [0.15, 0.2) is 0 Å². The molecule has 6 heteroatoms. The van der Waals surface area contributed by atoms with E-state index in [9.17, 15) is 9.59 Å². The van der Waals surface area contributed by atoms with Crippen molar-refractivity contribution in [2.45, 2.75) is 59.0 Å². The van der Waals surface area contributed by atoms with Gasteiger partial charge in [-0.25, -0.2) is 0 Å². The number of nitrogens with zero attached hydrogens (tertiary/aromatic N) is 2. The number of amides is 2. The monoisotopic (exact) mass is 306 g/mol. The third kappa shape index (κ3) is 3.67. The molecule has 2 rings (SSSR count). The van der Waals surface area contributed by atoms with Gasteiger partial charge in [0.1, 0.15) is 5.69 Å². The topological polar surface area (TPSA) is 90.0 Å². The molecule has 1 aliphatic rings. The molecular weight excluding hydrogens is 280 g/mol. The number of aromatic nitrogens is 2. The van der Waals surface area contributed by atoms with E-state index >= 15 is 0 Å². The highest BCUT2D eigenvalue weighted by Crippen LogP contribution is 2.25. The molecule has 1 aliphatic carbocycles. The summed E-state index contributed by atoms with van der Waals surface area (Å²) in [5.41, 5.74) is 6.90. The van der Waals surface area contributed by atoms with Crippen LogP contribution in [0.4, 0.5) is 0 Å². The van der Waals surface area contributed by atoms with E-state index in [0.717, 1.165) is 31.4 Å². The lowest BCUT2D eigenvalue weighted by Crippen LogP contribution is -2.42. The Bertz CT molecular complexity index is 550. The van der Waals surface area contributed by atoms with E-state index in [1.807, 2.05) is 13.0 Å². The summed E-state index contributed by atoms with van der Waals surface area (Å²) in [7, 11) is 0. The minimum Gasteiger partial charge on any atom is -0.369 e. The van der Waals surface area contributed by atoms with E-state index < -0.39 is 0 Å². The molecule has 1 fully saturated rings. The Morgan fingerprint density at radius 1 is 1.45 bits per heavy atom. The Hall–Kier alpha value is -1.85. The number of primary amides is 1. The highest BCUT2D eigenvalue weighted by Gasteiger charge is 2.33. The average molecular weight is 306 g/mol. The van der Waals surface area contributed by atoms with Gasteiger partial charge in [-0.2, -0.15) is 5.10 Å². The molecule has 22 heavy (non-hydrogen) atoms. The molecule has 3 N–H and O–H groups in total. The standard InChI is InChI=1S/C16H26N4O2/c1-4-20-14(9-11(19-20)8-10(2)3)16(22)18-13-7-5-6-12(13)15(17)21/h9-10,12-13H,4-8H2,1-3H3,(H2,17,21)(H,18,22)/t12-,13+/m1/s1. The molecule has 0 radical (unpaired) electrons. The lowest BCUT2D eigenvalue weighted by atomic mass is 10.0. The Morgan fingerprint density at radius 3 is 2.77 bits per heavy atom. The summed E-state index contributed by atoms with van der Waals surface area (Å²) in [4.78, 5) is 24.0. The molecule has 122 valence electrons. The van der Waals surface area contributed by atoms with E-state index in [-0.39, 0.29) is 23.8 Å². The zero-order chi connectivity index (χ0) is 16.3. The molecule has 2 amide bonds. The molecular formula is C16H26N4O2. The van der Waals surface area contributed by atoms with Gasteiger partial charge in [-0.05, 0) is 38.2 Å². The summed E-state index contributed by atoms with van der Waals surface area (Å²) in [6.07, 6.45) is 3.33. The fourth-order valence-electron chi connectivity index (χ4n) is 3.13. The number of hydrogen-bond acceptors (Lipinski definition) is 3. The van der Waals surface area contributed by atoms with Gasteiger partial charge < -0.3 is 11.1 Å². The largest absolute Gasteiger partial charge is 0.369 e. The molecule has 0 saturated heterocycles. The maximum Gasteiger partial charge on any atom is 0.269 e. The van der Waals surface area contributed by atoms with Crippen molar-refractivity contribution in [3.63, 3.8) is 0 Å². The predicted octanol–water partition coefficient (Wildman–Crippen LogP) is 1.49. The predicted molar refractivity (Wildman–Crippen MR) is 84.2 cm³/mol. The number of aryl methyl sites for hydroxylation is 1. The van der Waals surface area contributed by atoms with Crippen molar-refractivity contribution in [3.05, 3.63) is 17.5 Å². The third-order valence-electron chi connectivity index (χ3n) is 4.18. The normalized spacial score (nSPS) is 21.3. The zero-order valence-corrected chi connectivity index (χ0v) is 13.6. The van der Waals surface area contributed by atoms with Gasteiger partial charge in [0.25, 0.3) is 5.91 Å². The van der Waals surface area contributed by atoms with E-state index in [0.29, 0.717) is 18.2 Å². The first-order valence-corrected chi connectivity index (χ1v) is 8.09. The molecule has 0 aliphatic heterocycles. The summed E-state index contributed by atoms with van der Waals surface area (Å²) < 4.78 is 1.72. The van der Waals surface area contributed by atoms with Crippen LogP contribution in [0.25, 0.3) is 0 Å². The average Bonchev–Trinajstić information content (AvgIpc) is 3.04.